The first kappa shape index (κ1) is 64.2. The van der Waals surface area contributed by atoms with Gasteiger partial charge in [-0.15, -0.1) is 0 Å². The van der Waals surface area contributed by atoms with Gasteiger partial charge in [-0.25, -0.2) is 28.8 Å². The second-order valence-electron chi connectivity index (χ2n) is 24.0. The van der Waals surface area contributed by atoms with Gasteiger partial charge in [0.2, 0.25) is 0 Å². The number of carbonyl (C=O) groups is 6. The van der Waals surface area contributed by atoms with Crippen molar-refractivity contribution in [3.63, 3.8) is 0 Å². The van der Waals surface area contributed by atoms with Gasteiger partial charge in [-0.2, -0.15) is 15.8 Å². The molecule has 0 bridgehead atoms. The average molecular weight is 1140 g/mol. The fourth-order valence-electron chi connectivity index (χ4n) is 11.7. The molecule has 0 aromatic carbocycles. The zero-order valence-electron chi connectivity index (χ0n) is 49.5. The molecule has 0 radical (unpaired) electrons. The van der Waals surface area contributed by atoms with Crippen LogP contribution in [0.25, 0.3) is 0 Å². The summed E-state index contributed by atoms with van der Waals surface area (Å²) in [6.45, 7) is 13.9. The Kier molecular flexibility index (Phi) is 22.9. The fraction of sp³-hybridized carbons (Fsp3) is 0.656. The molecule has 446 valence electrons. The maximum absolute atomic E-state index is 14.5. The van der Waals surface area contributed by atoms with Crippen molar-refractivity contribution in [2.24, 2.45) is 22.2 Å². The van der Waals surface area contributed by atoms with E-state index in [9.17, 15) is 44.6 Å². The molecule has 0 amide bonds. The van der Waals surface area contributed by atoms with E-state index in [4.69, 9.17) is 42.6 Å². The summed E-state index contributed by atoms with van der Waals surface area (Å²) in [6, 6.07) is 5.98. The molecule has 3 saturated heterocycles. The number of likely N-dealkylation sites (tertiary alicyclic amines) is 3. The van der Waals surface area contributed by atoms with E-state index in [-0.39, 0.29) is 92.3 Å². The Hall–Kier alpha value is -6.99. The molecule has 0 aromatic heterocycles. The lowest BCUT2D eigenvalue weighted by molar-refractivity contribution is -0.148. The molecule has 6 aliphatic rings. The first-order chi connectivity index (χ1) is 39.1. The van der Waals surface area contributed by atoms with Crippen LogP contribution in [0.1, 0.15) is 119 Å². The minimum Gasteiger partial charge on any atom is -0.461 e. The van der Waals surface area contributed by atoms with E-state index in [0.29, 0.717) is 75.6 Å². The molecule has 3 aliphatic carbocycles. The van der Waals surface area contributed by atoms with Crippen LogP contribution in [0, 0.1) is 56.2 Å². The highest BCUT2D eigenvalue weighted by Gasteiger charge is 2.44. The van der Waals surface area contributed by atoms with Crippen molar-refractivity contribution in [2.45, 2.75) is 119 Å². The van der Waals surface area contributed by atoms with E-state index in [1.807, 2.05) is 59.8 Å². The summed E-state index contributed by atoms with van der Waals surface area (Å²) in [6.07, 6.45) is 7.07. The molecule has 0 spiro atoms. The number of nitriles is 3. The molecular weight excluding hydrogens is 1060 g/mol. The number of hydrogen-bond donors (Lipinski definition) is 0. The van der Waals surface area contributed by atoms with Crippen molar-refractivity contribution in [3.8, 4) is 18.2 Å². The molecular formula is C61H82N6O15. The van der Waals surface area contributed by atoms with E-state index < -0.39 is 94.5 Å². The molecule has 0 N–H and O–H groups in total. The van der Waals surface area contributed by atoms with E-state index in [2.05, 4.69) is 14.7 Å². The molecule has 82 heavy (non-hydrogen) atoms. The lowest BCUT2D eigenvalue weighted by Crippen LogP contribution is -2.34. The van der Waals surface area contributed by atoms with Gasteiger partial charge in [0.1, 0.15) is 74.6 Å². The van der Waals surface area contributed by atoms with E-state index in [1.54, 1.807) is 0 Å². The molecule has 6 rings (SSSR count). The van der Waals surface area contributed by atoms with Crippen molar-refractivity contribution in [1.82, 2.24) is 14.7 Å². The Labute approximate surface area is 482 Å². The lowest BCUT2D eigenvalue weighted by atomic mass is 9.72. The first-order valence-electron chi connectivity index (χ1n) is 28.5. The SMILES string of the molecule is COCCOC(=O)C1=C(N2CCCC2)CC(C)(C)C/C1=C(/C#N)C(=O)OCC(COC(=O)/C(C#N)=C1\CC(C)(C)CC(N2CCCC2)=C1C(=O)OCCOC)COC(=O)/C(C#N)=C1\CC(C)(C)CC(N2CCCC2)=C1C(=O)OCCOC. The molecule has 0 atom stereocenters. The molecule has 21 nitrogen and oxygen atoms in total. The van der Waals surface area contributed by atoms with E-state index >= 15 is 0 Å². The Morgan fingerprint density at radius 2 is 0.646 bits per heavy atom. The van der Waals surface area contributed by atoms with Crippen LogP contribution in [-0.4, -0.2) is 171 Å². The third kappa shape index (κ3) is 16.4. The smallest absolute Gasteiger partial charge is 0.349 e. The van der Waals surface area contributed by atoms with E-state index in [0.717, 1.165) is 38.5 Å². The molecule has 0 saturated carbocycles. The third-order valence-corrected chi connectivity index (χ3v) is 15.5. The van der Waals surface area contributed by atoms with Crippen LogP contribution in [0.5, 0.6) is 0 Å². The van der Waals surface area contributed by atoms with Crippen LogP contribution < -0.4 is 0 Å². The standard InChI is InChI=1S/C61H82N6O15/c1-59(2)28-41(50(56(71)77-25-22-74-7)47(31-59)65-16-10-11-17-65)44(34-62)53(68)80-37-40(38-81-54(69)45(35-63)42-29-60(3,4)32-48(66-18-12-13-19-66)51(42)57(72)78-26-23-75-8)39-82-55(70)46(36-64)43-30-61(5,6)33-49(67-20-14-15-21-67)52(43)58(73)79-27-24-76-9/h40H,10-33,37-39H2,1-9H3/b44-41+,45-42+,46-43+. The number of esters is 6. The molecule has 3 fully saturated rings. The molecule has 0 aromatic rings. The quantitative estimate of drug-likeness (QED) is 0.0317. The number of rotatable bonds is 24. The summed E-state index contributed by atoms with van der Waals surface area (Å²) in [4.78, 5) is 91.9. The topological polar surface area (TPSA) is 267 Å². The lowest BCUT2D eigenvalue weighted by Gasteiger charge is -2.38. The zero-order chi connectivity index (χ0) is 59.8. The Morgan fingerprint density at radius 3 is 0.866 bits per heavy atom. The van der Waals surface area contributed by atoms with Gasteiger partial charge in [0, 0.05) is 77.7 Å². The predicted molar refractivity (Wildman–Crippen MR) is 295 cm³/mol. The van der Waals surface area contributed by atoms with Gasteiger partial charge in [-0.3, -0.25) is 0 Å². The number of hydrogen-bond acceptors (Lipinski definition) is 21. The minimum absolute atomic E-state index is 0.0798. The molecule has 3 heterocycles. The van der Waals surface area contributed by atoms with Gasteiger partial charge in [-0.05, 0) is 110 Å². The summed E-state index contributed by atoms with van der Waals surface area (Å²) in [5.41, 5.74) is -0.263. The number of carbonyl (C=O) groups excluding carboxylic acids is 6. The van der Waals surface area contributed by atoms with Gasteiger partial charge < -0.3 is 57.3 Å². The van der Waals surface area contributed by atoms with Gasteiger partial charge in [0.05, 0.1) is 42.5 Å². The maximum Gasteiger partial charge on any atom is 0.349 e. The highest BCUT2D eigenvalue weighted by atomic mass is 16.6. The van der Waals surface area contributed by atoms with Crippen LogP contribution in [0.15, 0.2) is 67.2 Å². The fourth-order valence-corrected chi connectivity index (χ4v) is 11.7. The van der Waals surface area contributed by atoms with Crippen molar-refractivity contribution < 1.29 is 71.4 Å². The number of methoxy groups -OCH3 is 3. The monoisotopic (exact) mass is 1140 g/mol. The molecule has 0 unspecified atom stereocenters. The number of nitrogens with zero attached hydrogens (tertiary/aromatic N) is 6. The highest BCUT2D eigenvalue weighted by Crippen LogP contribution is 2.48. The summed E-state index contributed by atoms with van der Waals surface area (Å²) in [7, 11) is 4.40. The molecule has 21 heteroatoms. The predicted octanol–water partition coefficient (Wildman–Crippen LogP) is 6.77. The summed E-state index contributed by atoms with van der Waals surface area (Å²) in [5, 5.41) is 32.4. The number of ether oxygens (including phenoxy) is 9. The van der Waals surface area contributed by atoms with Crippen LogP contribution in [0.2, 0.25) is 0 Å². The van der Waals surface area contributed by atoms with Crippen LogP contribution in [-0.2, 0) is 71.4 Å². The minimum atomic E-state index is -1.22. The van der Waals surface area contributed by atoms with Crippen molar-refractivity contribution in [1.29, 1.82) is 15.8 Å². The van der Waals surface area contributed by atoms with Crippen LogP contribution in [0.3, 0.4) is 0 Å². The zero-order valence-corrected chi connectivity index (χ0v) is 49.5. The summed E-state index contributed by atoms with van der Waals surface area (Å²) < 4.78 is 50.0. The summed E-state index contributed by atoms with van der Waals surface area (Å²) in [5.74, 6) is -6.77. The molecule has 3 aliphatic heterocycles. The second kappa shape index (κ2) is 29.3. The third-order valence-electron chi connectivity index (χ3n) is 15.5. The van der Waals surface area contributed by atoms with Gasteiger partial charge in [-0.1, -0.05) is 41.5 Å². The normalized spacial score (nSPS) is 21.3. The van der Waals surface area contributed by atoms with Gasteiger partial charge in [0.25, 0.3) is 0 Å². The first-order valence-corrected chi connectivity index (χ1v) is 28.5. The second-order valence-corrected chi connectivity index (χ2v) is 24.0. The van der Waals surface area contributed by atoms with Crippen LogP contribution in [0.4, 0.5) is 0 Å². The number of allylic oxidation sites excluding steroid dienone is 3. The average Bonchev–Trinajstić information content (AvgIpc) is 2.90. The van der Waals surface area contributed by atoms with Crippen LogP contribution >= 0.6 is 0 Å². The van der Waals surface area contributed by atoms with E-state index in [1.165, 1.54) is 21.3 Å². The van der Waals surface area contributed by atoms with Gasteiger partial charge in [0.15, 0.2) is 0 Å². The van der Waals surface area contributed by atoms with Crippen molar-refractivity contribution in [2.75, 3.05) is 120 Å². The van der Waals surface area contributed by atoms with Crippen molar-refractivity contribution >= 4 is 35.8 Å². The Bertz CT molecular complexity index is 2460. The maximum atomic E-state index is 14.5. The van der Waals surface area contributed by atoms with Gasteiger partial charge >= 0.3 is 35.8 Å². The summed E-state index contributed by atoms with van der Waals surface area (Å²) >= 11 is 0. The van der Waals surface area contributed by atoms with Crippen molar-refractivity contribution in [3.05, 3.63) is 67.2 Å². The highest BCUT2D eigenvalue weighted by molar-refractivity contribution is 6.04. The Balaban J connectivity index is 1.40. The largest absolute Gasteiger partial charge is 0.461 e. The Morgan fingerprint density at radius 1 is 0.402 bits per heavy atom.